The van der Waals surface area contributed by atoms with Crippen LogP contribution in [0.2, 0.25) is 5.02 Å². The first-order valence-electron chi connectivity index (χ1n) is 9.46. The number of carbonyl (C=O) groups is 1. The molecule has 1 N–H and O–H groups in total. The highest BCUT2D eigenvalue weighted by Crippen LogP contribution is 2.36. The summed E-state index contributed by atoms with van der Waals surface area (Å²) < 4.78 is 29.5. The van der Waals surface area contributed by atoms with Gasteiger partial charge in [0.2, 0.25) is 5.91 Å². The molecule has 2 aromatic carbocycles. The summed E-state index contributed by atoms with van der Waals surface area (Å²) in [6.07, 6.45) is 2.13. The molecule has 0 spiro atoms. The van der Waals surface area contributed by atoms with E-state index in [1.807, 2.05) is 6.92 Å². The third kappa shape index (κ3) is 5.51. The fourth-order valence-electron chi connectivity index (χ4n) is 2.84. The van der Waals surface area contributed by atoms with Gasteiger partial charge < -0.3 is 19.2 Å². The molecule has 0 radical (unpaired) electrons. The van der Waals surface area contributed by atoms with Crippen LogP contribution >= 0.6 is 11.6 Å². The van der Waals surface area contributed by atoms with E-state index in [9.17, 15) is 9.18 Å². The molecule has 158 valence electrons. The van der Waals surface area contributed by atoms with Crippen LogP contribution in [0.15, 0.2) is 47.0 Å². The third-order valence-corrected chi connectivity index (χ3v) is 4.60. The molecule has 1 heterocycles. The van der Waals surface area contributed by atoms with Crippen LogP contribution in [0.25, 0.3) is 11.3 Å². The normalized spacial score (nSPS) is 10.7. The van der Waals surface area contributed by atoms with Gasteiger partial charge in [-0.15, -0.1) is 0 Å². The van der Waals surface area contributed by atoms with Crippen molar-refractivity contribution in [2.45, 2.75) is 26.3 Å². The summed E-state index contributed by atoms with van der Waals surface area (Å²) in [7, 11) is 1.53. The van der Waals surface area contributed by atoms with Gasteiger partial charge in [-0.05, 0) is 48.9 Å². The highest BCUT2D eigenvalue weighted by Gasteiger charge is 2.13. The van der Waals surface area contributed by atoms with Crippen molar-refractivity contribution in [1.82, 2.24) is 10.3 Å². The fourth-order valence-corrected chi connectivity index (χ4v) is 3.13. The Balaban J connectivity index is 1.53. The van der Waals surface area contributed by atoms with Gasteiger partial charge >= 0.3 is 0 Å². The number of hydrogen-bond donors (Lipinski definition) is 1. The highest BCUT2D eigenvalue weighted by atomic mass is 35.5. The third-order valence-electron chi connectivity index (χ3n) is 4.32. The van der Waals surface area contributed by atoms with Gasteiger partial charge in [-0.3, -0.25) is 4.79 Å². The van der Waals surface area contributed by atoms with E-state index >= 15 is 0 Å². The van der Waals surface area contributed by atoms with Crippen molar-refractivity contribution in [2.75, 3.05) is 13.7 Å². The maximum absolute atomic E-state index is 13.0. The Bertz CT molecular complexity index is 1000. The topological polar surface area (TPSA) is 73.6 Å². The lowest BCUT2D eigenvalue weighted by molar-refractivity contribution is -0.121. The number of amides is 1. The number of nitrogens with zero attached hydrogens (tertiary/aromatic N) is 1. The highest BCUT2D eigenvalue weighted by molar-refractivity contribution is 6.32. The zero-order chi connectivity index (χ0) is 21.5. The second-order valence-corrected chi connectivity index (χ2v) is 6.85. The number of benzene rings is 2. The lowest BCUT2D eigenvalue weighted by Crippen LogP contribution is -2.23. The molecule has 1 amide bonds. The van der Waals surface area contributed by atoms with Crippen molar-refractivity contribution in [3.8, 4) is 22.8 Å². The standard InChI is InChI=1S/C22H22ClFN2O4/c1-3-29-22-17(23)10-14(11-18(22)28-2)12-25-20(27)8-9-21-26-13-19(30-21)15-4-6-16(24)7-5-15/h4-7,10-11,13H,3,8-9,12H2,1-2H3,(H,25,27). The number of rotatable bonds is 9. The zero-order valence-electron chi connectivity index (χ0n) is 16.7. The SMILES string of the molecule is CCOc1c(Cl)cc(CNC(=O)CCc2ncc(-c3ccc(F)cc3)o2)cc1OC. The molecule has 0 saturated carbocycles. The zero-order valence-corrected chi connectivity index (χ0v) is 17.5. The predicted octanol–water partition coefficient (Wildman–Crippen LogP) is 4.79. The summed E-state index contributed by atoms with van der Waals surface area (Å²) in [6, 6.07) is 9.45. The van der Waals surface area contributed by atoms with Crippen LogP contribution in [-0.2, 0) is 17.8 Å². The Hall–Kier alpha value is -3.06. The minimum atomic E-state index is -0.318. The summed E-state index contributed by atoms with van der Waals surface area (Å²) in [5, 5.41) is 3.26. The smallest absolute Gasteiger partial charge is 0.220 e. The Morgan fingerprint density at radius 2 is 2.03 bits per heavy atom. The van der Waals surface area contributed by atoms with Crippen molar-refractivity contribution in [1.29, 1.82) is 0 Å². The van der Waals surface area contributed by atoms with Crippen LogP contribution in [0.1, 0.15) is 24.8 Å². The molecule has 0 atom stereocenters. The summed E-state index contributed by atoms with van der Waals surface area (Å²) in [4.78, 5) is 16.4. The lowest BCUT2D eigenvalue weighted by Gasteiger charge is -2.13. The summed E-state index contributed by atoms with van der Waals surface area (Å²) in [5.74, 6) is 1.50. The number of aromatic nitrogens is 1. The molecule has 0 aliphatic heterocycles. The molecule has 0 aliphatic rings. The van der Waals surface area contributed by atoms with Gasteiger partial charge in [-0.25, -0.2) is 9.37 Å². The molecular weight excluding hydrogens is 411 g/mol. The van der Waals surface area contributed by atoms with E-state index in [1.54, 1.807) is 30.5 Å². The lowest BCUT2D eigenvalue weighted by atomic mass is 10.2. The summed E-state index contributed by atoms with van der Waals surface area (Å²) in [5.41, 5.74) is 1.52. The van der Waals surface area contributed by atoms with Crippen LogP contribution in [0, 0.1) is 5.82 Å². The fraction of sp³-hybridized carbons (Fsp3) is 0.273. The molecule has 0 saturated heterocycles. The molecule has 30 heavy (non-hydrogen) atoms. The van der Waals surface area contributed by atoms with Crippen LogP contribution in [0.4, 0.5) is 4.39 Å². The molecule has 0 unspecified atom stereocenters. The van der Waals surface area contributed by atoms with Crippen molar-refractivity contribution in [2.24, 2.45) is 0 Å². The molecule has 1 aromatic heterocycles. The van der Waals surface area contributed by atoms with Gasteiger partial charge in [-0.2, -0.15) is 0 Å². The van der Waals surface area contributed by atoms with Gasteiger partial charge in [0.1, 0.15) is 5.82 Å². The maximum atomic E-state index is 13.0. The first-order valence-corrected chi connectivity index (χ1v) is 9.84. The number of halogens is 2. The monoisotopic (exact) mass is 432 g/mol. The van der Waals surface area contributed by atoms with Crippen LogP contribution in [0.5, 0.6) is 11.5 Å². The molecule has 0 aliphatic carbocycles. The predicted molar refractivity (Wildman–Crippen MR) is 111 cm³/mol. The van der Waals surface area contributed by atoms with E-state index in [-0.39, 0.29) is 18.1 Å². The second kappa shape index (κ2) is 10.1. The molecular formula is C22H22ClFN2O4. The van der Waals surface area contributed by atoms with Gasteiger partial charge in [0.05, 0.1) is 24.9 Å². The van der Waals surface area contributed by atoms with Crippen LogP contribution < -0.4 is 14.8 Å². The number of carbonyl (C=O) groups excluding carboxylic acids is 1. The van der Waals surface area contributed by atoms with Gasteiger partial charge in [0.25, 0.3) is 0 Å². The van der Waals surface area contributed by atoms with Crippen LogP contribution in [0.3, 0.4) is 0 Å². The quantitative estimate of drug-likeness (QED) is 0.526. The number of ether oxygens (including phenoxy) is 2. The minimum absolute atomic E-state index is 0.152. The molecule has 3 rings (SSSR count). The van der Waals surface area contributed by atoms with Crippen molar-refractivity contribution in [3.63, 3.8) is 0 Å². The number of aryl methyl sites for hydroxylation is 1. The average Bonchev–Trinajstić information content (AvgIpc) is 3.22. The van der Waals surface area contributed by atoms with Gasteiger partial charge in [-0.1, -0.05) is 11.6 Å². The molecule has 6 nitrogen and oxygen atoms in total. The Labute approximate surface area is 179 Å². The van der Waals surface area contributed by atoms with E-state index in [1.165, 1.54) is 19.2 Å². The Morgan fingerprint density at radius 3 is 2.73 bits per heavy atom. The first-order chi connectivity index (χ1) is 14.5. The van der Waals surface area contributed by atoms with E-state index in [2.05, 4.69) is 10.3 Å². The number of methoxy groups -OCH3 is 1. The number of nitrogens with one attached hydrogen (secondary N) is 1. The Kier molecular flexibility index (Phi) is 7.30. The number of hydrogen-bond acceptors (Lipinski definition) is 5. The molecule has 8 heteroatoms. The van der Waals surface area contributed by atoms with Crippen molar-refractivity contribution < 1.29 is 23.1 Å². The van der Waals surface area contributed by atoms with E-state index < -0.39 is 0 Å². The largest absolute Gasteiger partial charge is 0.493 e. The Morgan fingerprint density at radius 1 is 1.27 bits per heavy atom. The number of oxazole rings is 1. The van der Waals surface area contributed by atoms with Crippen molar-refractivity contribution >= 4 is 17.5 Å². The average molecular weight is 433 g/mol. The van der Waals surface area contributed by atoms with E-state index in [4.69, 9.17) is 25.5 Å². The van der Waals surface area contributed by atoms with Crippen molar-refractivity contribution in [3.05, 3.63) is 64.9 Å². The second-order valence-electron chi connectivity index (χ2n) is 6.44. The van der Waals surface area contributed by atoms with E-state index in [0.29, 0.717) is 47.7 Å². The molecule has 3 aromatic rings. The van der Waals surface area contributed by atoms with Crippen LogP contribution in [-0.4, -0.2) is 24.6 Å². The van der Waals surface area contributed by atoms with Gasteiger partial charge in [0.15, 0.2) is 23.1 Å². The molecule has 0 fully saturated rings. The maximum Gasteiger partial charge on any atom is 0.220 e. The first kappa shape index (κ1) is 21.6. The summed E-state index contributed by atoms with van der Waals surface area (Å²) >= 11 is 6.25. The minimum Gasteiger partial charge on any atom is -0.493 e. The van der Waals surface area contributed by atoms with Gasteiger partial charge in [0, 0.05) is 24.9 Å². The van der Waals surface area contributed by atoms with E-state index in [0.717, 1.165) is 11.1 Å². The summed E-state index contributed by atoms with van der Waals surface area (Å²) in [6.45, 7) is 2.63. The molecule has 0 bridgehead atoms.